The van der Waals surface area contributed by atoms with Crippen LogP contribution in [0.5, 0.6) is 0 Å². The molecule has 1 atom stereocenters. The Balaban J connectivity index is 1.91. The molecule has 0 fully saturated rings. The molecule has 1 unspecified atom stereocenters. The fourth-order valence-corrected chi connectivity index (χ4v) is 3.29. The van der Waals surface area contributed by atoms with E-state index in [9.17, 15) is 0 Å². The maximum Gasteiger partial charge on any atom is 0.147 e. The van der Waals surface area contributed by atoms with Gasteiger partial charge in [-0.15, -0.1) is 10.2 Å². The molecule has 0 aliphatic rings. The summed E-state index contributed by atoms with van der Waals surface area (Å²) in [6.45, 7) is 0. The molecule has 0 aliphatic heterocycles. The van der Waals surface area contributed by atoms with Gasteiger partial charge in [-0.2, -0.15) is 0 Å². The van der Waals surface area contributed by atoms with Gasteiger partial charge in [0.15, 0.2) is 0 Å². The van der Waals surface area contributed by atoms with Crippen molar-refractivity contribution >= 4 is 45.5 Å². The number of hydrogen-bond acceptors (Lipinski definition) is 4. The number of rotatable bonds is 3. The van der Waals surface area contributed by atoms with Gasteiger partial charge in [0.2, 0.25) is 0 Å². The van der Waals surface area contributed by atoms with E-state index in [0.29, 0.717) is 0 Å². The van der Waals surface area contributed by atoms with E-state index in [1.165, 1.54) is 11.3 Å². The largest absolute Gasteiger partial charge is 0.318 e. The molecule has 21 heavy (non-hydrogen) atoms. The van der Waals surface area contributed by atoms with Crippen molar-refractivity contribution in [1.82, 2.24) is 10.2 Å². The third kappa shape index (κ3) is 3.26. The summed E-state index contributed by atoms with van der Waals surface area (Å²) < 4.78 is 1.02. The number of benzene rings is 2. The molecule has 3 aromatic rings. The Hall–Kier alpha value is -1.02. The summed E-state index contributed by atoms with van der Waals surface area (Å²) in [7, 11) is 0. The first-order valence-electron chi connectivity index (χ1n) is 6.24. The minimum Gasteiger partial charge on any atom is -0.318 e. The van der Waals surface area contributed by atoms with Crippen molar-refractivity contribution in [2.45, 2.75) is 6.04 Å². The average Bonchev–Trinajstić information content (AvgIpc) is 3.00. The van der Waals surface area contributed by atoms with E-state index in [-0.39, 0.29) is 6.04 Å². The summed E-state index contributed by atoms with van der Waals surface area (Å²) in [5.74, 6) is 0. The lowest BCUT2D eigenvalue weighted by Gasteiger charge is -2.06. The highest BCUT2D eigenvalue weighted by Crippen LogP contribution is 2.31. The fourth-order valence-electron chi connectivity index (χ4n) is 1.91. The predicted molar refractivity (Wildman–Crippen MR) is 95.5 cm³/mol. The maximum absolute atomic E-state index is 6.24. The molecule has 0 amide bonds. The molecule has 0 aliphatic carbocycles. The second kappa shape index (κ2) is 6.39. The number of nitrogens with zero attached hydrogens (tertiary/aromatic N) is 2. The molecular weight excluding hydrogens is 417 g/mol. The van der Waals surface area contributed by atoms with E-state index in [1.807, 2.05) is 48.5 Å². The lowest BCUT2D eigenvalue weighted by Crippen LogP contribution is -2.11. The quantitative estimate of drug-likeness (QED) is 0.626. The van der Waals surface area contributed by atoms with Crippen molar-refractivity contribution in [2.75, 3.05) is 0 Å². The van der Waals surface area contributed by atoms with Crippen LogP contribution in [0.2, 0.25) is 5.02 Å². The van der Waals surface area contributed by atoms with E-state index in [0.717, 1.165) is 29.7 Å². The lowest BCUT2D eigenvalue weighted by atomic mass is 10.1. The summed E-state index contributed by atoms with van der Waals surface area (Å²) in [5.41, 5.74) is 8.23. The summed E-state index contributed by atoms with van der Waals surface area (Å²) in [5, 5.41) is 10.8. The van der Waals surface area contributed by atoms with E-state index < -0.39 is 0 Å². The minimum absolute atomic E-state index is 0.253. The smallest absolute Gasteiger partial charge is 0.147 e. The van der Waals surface area contributed by atoms with Gasteiger partial charge >= 0.3 is 0 Å². The molecule has 0 saturated heterocycles. The van der Waals surface area contributed by atoms with Gasteiger partial charge in [-0.05, 0) is 40.3 Å². The highest BCUT2D eigenvalue weighted by Gasteiger charge is 2.15. The Bertz CT molecular complexity index is 761. The first-order valence-corrected chi connectivity index (χ1v) is 8.52. The standard InChI is InChI=1S/C15H11ClIN3S/c16-11-8-10(6-7-12(11)17)14-19-20-15(21-14)13(18)9-4-2-1-3-5-9/h1-8,13H,18H2. The number of nitrogens with two attached hydrogens (primary N) is 1. The Labute approximate surface area is 145 Å². The molecule has 0 radical (unpaired) electrons. The highest BCUT2D eigenvalue weighted by molar-refractivity contribution is 14.1. The van der Waals surface area contributed by atoms with Crippen molar-refractivity contribution in [2.24, 2.45) is 5.73 Å². The number of halogens is 2. The molecule has 0 spiro atoms. The van der Waals surface area contributed by atoms with Gasteiger partial charge in [0.05, 0.1) is 11.1 Å². The average molecular weight is 428 g/mol. The van der Waals surface area contributed by atoms with Crippen molar-refractivity contribution in [3.63, 3.8) is 0 Å². The molecule has 0 bridgehead atoms. The van der Waals surface area contributed by atoms with Crippen LogP contribution in [-0.4, -0.2) is 10.2 Å². The van der Waals surface area contributed by atoms with E-state index in [4.69, 9.17) is 17.3 Å². The van der Waals surface area contributed by atoms with Crippen molar-refractivity contribution in [3.8, 4) is 10.6 Å². The van der Waals surface area contributed by atoms with Crippen LogP contribution in [0, 0.1) is 3.57 Å². The number of aromatic nitrogens is 2. The monoisotopic (exact) mass is 427 g/mol. The van der Waals surface area contributed by atoms with E-state index in [2.05, 4.69) is 32.8 Å². The van der Waals surface area contributed by atoms with Gasteiger partial charge in [0, 0.05) is 9.13 Å². The summed E-state index contributed by atoms with van der Waals surface area (Å²) in [6.07, 6.45) is 0. The van der Waals surface area contributed by atoms with Crippen LogP contribution in [0.3, 0.4) is 0 Å². The van der Waals surface area contributed by atoms with Crippen LogP contribution < -0.4 is 5.73 Å². The lowest BCUT2D eigenvalue weighted by molar-refractivity contribution is 0.831. The predicted octanol–water partition coefficient (Wildman–Crippen LogP) is 4.51. The Morgan fingerprint density at radius 1 is 1.10 bits per heavy atom. The van der Waals surface area contributed by atoms with E-state index in [1.54, 1.807) is 0 Å². The van der Waals surface area contributed by atoms with Crippen LogP contribution in [0.4, 0.5) is 0 Å². The van der Waals surface area contributed by atoms with Crippen LogP contribution in [0.25, 0.3) is 10.6 Å². The molecule has 3 rings (SSSR count). The molecule has 3 nitrogen and oxygen atoms in total. The SMILES string of the molecule is NC(c1ccccc1)c1nnc(-c2ccc(I)c(Cl)c2)s1. The molecule has 0 saturated carbocycles. The van der Waals surface area contributed by atoms with Gasteiger partial charge in [-0.1, -0.05) is 59.3 Å². The zero-order valence-electron chi connectivity index (χ0n) is 10.8. The minimum atomic E-state index is -0.253. The van der Waals surface area contributed by atoms with Gasteiger partial charge in [-0.25, -0.2) is 0 Å². The van der Waals surface area contributed by atoms with Gasteiger partial charge in [-0.3, -0.25) is 0 Å². The topological polar surface area (TPSA) is 51.8 Å². The molecule has 1 aromatic heterocycles. The Kier molecular flexibility index (Phi) is 4.54. The molecule has 2 N–H and O–H groups in total. The fraction of sp³-hybridized carbons (Fsp3) is 0.0667. The van der Waals surface area contributed by atoms with Crippen LogP contribution in [0.1, 0.15) is 16.6 Å². The second-order valence-electron chi connectivity index (χ2n) is 4.46. The maximum atomic E-state index is 6.24. The van der Waals surface area contributed by atoms with Crippen LogP contribution >= 0.6 is 45.5 Å². The van der Waals surface area contributed by atoms with Gasteiger partial charge < -0.3 is 5.73 Å². The van der Waals surface area contributed by atoms with Crippen LogP contribution in [0.15, 0.2) is 48.5 Å². The Morgan fingerprint density at radius 2 is 1.86 bits per heavy atom. The summed E-state index contributed by atoms with van der Waals surface area (Å²) in [6, 6.07) is 15.5. The van der Waals surface area contributed by atoms with Gasteiger partial charge in [0.1, 0.15) is 10.0 Å². The molecular formula is C15H11ClIN3S. The summed E-state index contributed by atoms with van der Waals surface area (Å²) >= 11 is 9.85. The van der Waals surface area contributed by atoms with Crippen molar-refractivity contribution in [1.29, 1.82) is 0 Å². The Morgan fingerprint density at radius 3 is 2.57 bits per heavy atom. The van der Waals surface area contributed by atoms with Crippen LogP contribution in [-0.2, 0) is 0 Å². The first kappa shape index (κ1) is 14.9. The molecule has 2 aromatic carbocycles. The summed E-state index contributed by atoms with van der Waals surface area (Å²) in [4.78, 5) is 0. The molecule has 106 valence electrons. The zero-order valence-corrected chi connectivity index (χ0v) is 14.6. The third-order valence-electron chi connectivity index (χ3n) is 3.03. The van der Waals surface area contributed by atoms with Crippen molar-refractivity contribution in [3.05, 3.63) is 67.7 Å². The zero-order chi connectivity index (χ0) is 14.8. The molecule has 6 heteroatoms. The highest BCUT2D eigenvalue weighted by atomic mass is 127. The number of hydrogen-bond donors (Lipinski definition) is 1. The normalized spacial score (nSPS) is 12.3. The molecule has 1 heterocycles. The first-order chi connectivity index (χ1) is 10.1. The second-order valence-corrected chi connectivity index (χ2v) is 7.04. The van der Waals surface area contributed by atoms with Crippen molar-refractivity contribution < 1.29 is 0 Å². The third-order valence-corrected chi connectivity index (χ3v) is 5.66. The van der Waals surface area contributed by atoms with E-state index >= 15 is 0 Å². The van der Waals surface area contributed by atoms with Gasteiger partial charge in [0.25, 0.3) is 0 Å².